The number of rotatable bonds is 6. The van der Waals surface area contributed by atoms with Crippen molar-refractivity contribution in [3.63, 3.8) is 0 Å². The maximum absolute atomic E-state index is 10.2. The lowest BCUT2D eigenvalue weighted by Gasteiger charge is -2.38. The van der Waals surface area contributed by atoms with Gasteiger partial charge in [0.15, 0.2) is 0 Å². The molecular formula is C14H26BrN3O. The minimum absolute atomic E-state index is 0.373. The second-order valence-electron chi connectivity index (χ2n) is 5.91. The predicted molar refractivity (Wildman–Crippen MR) is 82.2 cm³/mol. The Balaban J connectivity index is 2.92. The molecule has 0 atom stereocenters. The van der Waals surface area contributed by atoms with Gasteiger partial charge in [0.25, 0.3) is 0 Å². The molecule has 0 spiro atoms. The normalized spacial score (nSPS) is 13.1. The molecule has 1 aromatic heterocycles. The van der Waals surface area contributed by atoms with E-state index in [0.29, 0.717) is 6.54 Å². The maximum atomic E-state index is 10.2. The van der Waals surface area contributed by atoms with Gasteiger partial charge in [0.1, 0.15) is 0 Å². The molecule has 19 heavy (non-hydrogen) atoms. The third-order valence-electron chi connectivity index (χ3n) is 3.92. The Labute approximate surface area is 124 Å². The van der Waals surface area contributed by atoms with Crippen molar-refractivity contribution >= 4 is 15.9 Å². The summed E-state index contributed by atoms with van der Waals surface area (Å²) in [7, 11) is 0. The van der Waals surface area contributed by atoms with Crippen molar-refractivity contribution in [1.29, 1.82) is 0 Å². The molecule has 0 aliphatic heterocycles. The molecule has 0 fully saturated rings. The predicted octanol–water partition coefficient (Wildman–Crippen LogP) is 2.87. The largest absolute Gasteiger partial charge is 0.389 e. The summed E-state index contributed by atoms with van der Waals surface area (Å²) in [5.74, 6) is 0. The van der Waals surface area contributed by atoms with Crippen LogP contribution in [-0.2, 0) is 19.5 Å². The van der Waals surface area contributed by atoms with E-state index in [1.807, 2.05) is 32.4 Å². The average molecular weight is 332 g/mol. The summed E-state index contributed by atoms with van der Waals surface area (Å²) < 4.78 is 3.09. The van der Waals surface area contributed by atoms with Gasteiger partial charge in [-0.25, -0.2) is 0 Å². The number of halogens is 1. The molecule has 0 bridgehead atoms. The van der Waals surface area contributed by atoms with Crippen LogP contribution in [0.15, 0.2) is 4.47 Å². The highest BCUT2D eigenvalue weighted by Crippen LogP contribution is 2.25. The molecule has 1 heterocycles. The second kappa shape index (κ2) is 5.94. The molecule has 0 aliphatic carbocycles. The first-order chi connectivity index (χ1) is 8.64. The van der Waals surface area contributed by atoms with Crippen molar-refractivity contribution in [3.8, 4) is 0 Å². The van der Waals surface area contributed by atoms with E-state index in [4.69, 9.17) is 0 Å². The minimum Gasteiger partial charge on any atom is -0.389 e. The van der Waals surface area contributed by atoms with Gasteiger partial charge in [-0.2, -0.15) is 5.10 Å². The van der Waals surface area contributed by atoms with Crippen LogP contribution in [0.25, 0.3) is 0 Å². The van der Waals surface area contributed by atoms with E-state index in [0.717, 1.165) is 28.8 Å². The van der Waals surface area contributed by atoms with Crippen LogP contribution in [-0.4, -0.2) is 26.0 Å². The first-order valence-electron chi connectivity index (χ1n) is 6.85. The van der Waals surface area contributed by atoms with Gasteiger partial charge in [0.05, 0.1) is 21.5 Å². The summed E-state index contributed by atoms with van der Waals surface area (Å²) in [5, 5.41) is 18.2. The molecule has 0 unspecified atom stereocenters. The zero-order valence-electron chi connectivity index (χ0n) is 12.8. The van der Waals surface area contributed by atoms with E-state index in [2.05, 4.69) is 40.2 Å². The fourth-order valence-corrected chi connectivity index (χ4v) is 2.41. The summed E-state index contributed by atoms with van der Waals surface area (Å²) in [6, 6.07) is 0. The van der Waals surface area contributed by atoms with Gasteiger partial charge in [-0.15, -0.1) is 0 Å². The van der Waals surface area contributed by atoms with Gasteiger partial charge >= 0.3 is 0 Å². The molecule has 0 radical (unpaired) electrons. The Kier molecular flexibility index (Phi) is 5.21. The maximum Gasteiger partial charge on any atom is 0.0767 e. The Morgan fingerprint density at radius 1 is 1.26 bits per heavy atom. The van der Waals surface area contributed by atoms with Crippen LogP contribution >= 0.6 is 15.9 Å². The van der Waals surface area contributed by atoms with Crippen LogP contribution in [0.2, 0.25) is 0 Å². The number of aromatic nitrogens is 2. The van der Waals surface area contributed by atoms with Crippen LogP contribution < -0.4 is 5.32 Å². The third kappa shape index (κ3) is 3.58. The van der Waals surface area contributed by atoms with Crippen LogP contribution in [0.4, 0.5) is 0 Å². The van der Waals surface area contributed by atoms with Crippen molar-refractivity contribution in [2.24, 2.45) is 0 Å². The number of aliphatic hydroxyl groups is 1. The van der Waals surface area contributed by atoms with Gasteiger partial charge in [-0.1, -0.05) is 6.92 Å². The summed E-state index contributed by atoms with van der Waals surface area (Å²) in [4.78, 5) is 0. The van der Waals surface area contributed by atoms with E-state index >= 15 is 0 Å². The van der Waals surface area contributed by atoms with E-state index < -0.39 is 5.60 Å². The van der Waals surface area contributed by atoms with Crippen LogP contribution in [0.5, 0.6) is 0 Å². The first kappa shape index (κ1) is 16.7. The van der Waals surface area contributed by atoms with Gasteiger partial charge in [-0.05, 0) is 57.0 Å². The standard InChI is InChI=1S/C14H26BrN3O/c1-7-10-12(15)11(18(8-2)17-10)9-16-13(3,4)14(5,6)19/h16,19H,7-9H2,1-6H3. The highest BCUT2D eigenvalue weighted by molar-refractivity contribution is 9.10. The highest BCUT2D eigenvalue weighted by atomic mass is 79.9. The molecule has 0 saturated carbocycles. The summed E-state index contributed by atoms with van der Waals surface area (Å²) in [6.45, 7) is 13.4. The quantitative estimate of drug-likeness (QED) is 0.842. The van der Waals surface area contributed by atoms with E-state index in [9.17, 15) is 5.11 Å². The van der Waals surface area contributed by atoms with E-state index in [1.165, 1.54) is 0 Å². The number of nitrogens with one attached hydrogen (secondary N) is 1. The molecule has 0 amide bonds. The van der Waals surface area contributed by atoms with Crippen molar-refractivity contribution in [2.75, 3.05) is 0 Å². The SMILES string of the molecule is CCc1nn(CC)c(CNC(C)(C)C(C)(C)O)c1Br. The van der Waals surface area contributed by atoms with Gasteiger partial charge in [0, 0.05) is 18.6 Å². The Bertz CT molecular complexity index is 433. The zero-order chi connectivity index (χ0) is 14.8. The van der Waals surface area contributed by atoms with Gasteiger partial charge < -0.3 is 10.4 Å². The molecule has 0 saturated heterocycles. The Morgan fingerprint density at radius 2 is 1.84 bits per heavy atom. The zero-order valence-corrected chi connectivity index (χ0v) is 14.4. The number of aryl methyl sites for hydroxylation is 2. The fourth-order valence-electron chi connectivity index (χ4n) is 1.71. The van der Waals surface area contributed by atoms with Crippen molar-refractivity contribution in [2.45, 2.75) is 72.2 Å². The Hall–Kier alpha value is -0.390. The highest BCUT2D eigenvalue weighted by Gasteiger charge is 2.34. The lowest BCUT2D eigenvalue weighted by molar-refractivity contribution is -0.00563. The monoisotopic (exact) mass is 331 g/mol. The van der Waals surface area contributed by atoms with Crippen LogP contribution in [0.3, 0.4) is 0 Å². The lowest BCUT2D eigenvalue weighted by Crippen LogP contribution is -2.55. The van der Waals surface area contributed by atoms with Crippen molar-refractivity contribution in [1.82, 2.24) is 15.1 Å². The average Bonchev–Trinajstić information content (AvgIpc) is 2.61. The molecule has 5 heteroatoms. The molecule has 4 nitrogen and oxygen atoms in total. The Morgan fingerprint density at radius 3 is 2.26 bits per heavy atom. The lowest BCUT2D eigenvalue weighted by atomic mass is 9.86. The summed E-state index contributed by atoms with van der Waals surface area (Å²) in [6.07, 6.45) is 0.912. The molecular weight excluding hydrogens is 306 g/mol. The summed E-state index contributed by atoms with van der Waals surface area (Å²) in [5.41, 5.74) is 1.06. The number of nitrogens with zero attached hydrogens (tertiary/aromatic N) is 2. The topological polar surface area (TPSA) is 50.1 Å². The molecule has 110 valence electrons. The molecule has 0 aliphatic rings. The molecule has 2 N–H and O–H groups in total. The molecule has 0 aromatic carbocycles. The van der Waals surface area contributed by atoms with Crippen LogP contribution in [0, 0.1) is 0 Å². The fraction of sp³-hybridized carbons (Fsp3) is 0.786. The second-order valence-corrected chi connectivity index (χ2v) is 6.71. The number of hydrogen-bond acceptors (Lipinski definition) is 3. The minimum atomic E-state index is -0.788. The smallest absolute Gasteiger partial charge is 0.0767 e. The first-order valence-corrected chi connectivity index (χ1v) is 7.64. The third-order valence-corrected chi connectivity index (χ3v) is 4.84. The van der Waals surface area contributed by atoms with E-state index in [1.54, 1.807) is 0 Å². The van der Waals surface area contributed by atoms with Crippen molar-refractivity contribution < 1.29 is 5.11 Å². The van der Waals surface area contributed by atoms with E-state index in [-0.39, 0.29) is 5.54 Å². The van der Waals surface area contributed by atoms with Gasteiger partial charge in [0.2, 0.25) is 0 Å². The van der Waals surface area contributed by atoms with Crippen LogP contribution in [0.1, 0.15) is 52.9 Å². The summed E-state index contributed by atoms with van der Waals surface area (Å²) >= 11 is 3.64. The van der Waals surface area contributed by atoms with Gasteiger partial charge in [-0.3, -0.25) is 4.68 Å². The molecule has 1 aromatic rings. The van der Waals surface area contributed by atoms with Crippen molar-refractivity contribution in [3.05, 3.63) is 15.9 Å². The molecule has 1 rings (SSSR count). The number of hydrogen-bond donors (Lipinski definition) is 2.